The van der Waals surface area contributed by atoms with Crippen molar-refractivity contribution in [1.29, 1.82) is 5.41 Å². The number of pyridine rings is 1. The fraction of sp³-hybridized carbons (Fsp3) is 0.400. The average Bonchev–Trinajstić information content (AvgIpc) is 2.59. The minimum atomic E-state index is -0.728. The molecule has 16 heavy (non-hydrogen) atoms. The van der Waals surface area contributed by atoms with Crippen LogP contribution < -0.4 is 10.6 Å². The summed E-state index contributed by atoms with van der Waals surface area (Å²) in [4.78, 5) is 5.92. The number of hydrogen-bond acceptors (Lipinski definition) is 5. The zero-order chi connectivity index (χ0) is 11.7. The van der Waals surface area contributed by atoms with Crippen molar-refractivity contribution in [1.82, 2.24) is 4.98 Å². The molecule has 2 rings (SSSR count). The van der Waals surface area contributed by atoms with Crippen molar-refractivity contribution in [2.24, 2.45) is 5.73 Å². The molecule has 1 saturated heterocycles. The molecule has 0 amide bonds. The molecule has 0 aromatic carbocycles. The number of aliphatic hydroxyl groups is 2. The average molecular weight is 222 g/mol. The highest BCUT2D eigenvalue weighted by Crippen LogP contribution is 2.18. The smallest absolute Gasteiger partial charge is 0.128 e. The van der Waals surface area contributed by atoms with Gasteiger partial charge < -0.3 is 20.8 Å². The predicted molar refractivity (Wildman–Crippen MR) is 59.5 cm³/mol. The summed E-state index contributed by atoms with van der Waals surface area (Å²) in [5.74, 6) is 0.640. The number of rotatable bonds is 2. The molecule has 0 aliphatic carbocycles. The SMILES string of the molecule is N=C(N)c1ccc(N2CC(O)C(O)C2)nc1. The third-order valence-corrected chi connectivity index (χ3v) is 2.64. The Balaban J connectivity index is 2.14. The summed E-state index contributed by atoms with van der Waals surface area (Å²) in [5.41, 5.74) is 5.87. The number of β-amino-alcohol motifs (C(OH)–C–C–N with tert-alkyl or cyclic N) is 2. The highest BCUT2D eigenvalue weighted by Gasteiger charge is 2.30. The normalized spacial score (nSPS) is 24.8. The van der Waals surface area contributed by atoms with E-state index in [0.29, 0.717) is 24.5 Å². The Morgan fingerprint density at radius 2 is 2.00 bits per heavy atom. The summed E-state index contributed by atoms with van der Waals surface area (Å²) in [6.07, 6.45) is 0.0536. The molecule has 0 spiro atoms. The summed E-state index contributed by atoms with van der Waals surface area (Å²) < 4.78 is 0. The van der Waals surface area contributed by atoms with Gasteiger partial charge in [-0.3, -0.25) is 5.41 Å². The second-order valence-corrected chi connectivity index (χ2v) is 3.86. The Labute approximate surface area is 92.8 Å². The van der Waals surface area contributed by atoms with E-state index in [-0.39, 0.29) is 5.84 Å². The van der Waals surface area contributed by atoms with E-state index in [1.807, 2.05) is 0 Å². The van der Waals surface area contributed by atoms with Gasteiger partial charge in [0, 0.05) is 24.8 Å². The molecule has 0 saturated carbocycles. The van der Waals surface area contributed by atoms with Gasteiger partial charge in [-0.2, -0.15) is 0 Å². The number of nitrogen functional groups attached to an aromatic ring is 1. The van der Waals surface area contributed by atoms with Gasteiger partial charge in [-0.25, -0.2) is 4.98 Å². The number of amidine groups is 1. The fourth-order valence-electron chi connectivity index (χ4n) is 1.69. The molecule has 2 atom stereocenters. The Hall–Kier alpha value is -1.66. The first kappa shape index (κ1) is 10.8. The Kier molecular flexibility index (Phi) is 2.76. The second kappa shape index (κ2) is 4.07. The Morgan fingerprint density at radius 1 is 1.38 bits per heavy atom. The van der Waals surface area contributed by atoms with Crippen LogP contribution in [-0.4, -0.2) is 46.3 Å². The standard InChI is InChI=1S/C10H14N4O2/c11-10(12)6-1-2-9(13-3-6)14-4-7(15)8(16)5-14/h1-3,7-8,15-16H,4-5H2,(H3,11,12). The zero-order valence-electron chi connectivity index (χ0n) is 8.67. The van der Waals surface area contributed by atoms with Gasteiger partial charge >= 0.3 is 0 Å². The topological polar surface area (TPSA) is 106 Å². The first-order valence-electron chi connectivity index (χ1n) is 4.99. The molecule has 2 unspecified atom stereocenters. The molecule has 2 heterocycles. The van der Waals surface area contributed by atoms with Crippen molar-refractivity contribution in [2.45, 2.75) is 12.2 Å². The van der Waals surface area contributed by atoms with E-state index in [4.69, 9.17) is 11.1 Å². The first-order chi connectivity index (χ1) is 7.58. The Morgan fingerprint density at radius 3 is 2.44 bits per heavy atom. The predicted octanol–water partition coefficient (Wildman–Crippen LogP) is -1.09. The number of anilines is 1. The summed E-state index contributed by atoms with van der Waals surface area (Å²) >= 11 is 0. The van der Waals surface area contributed by atoms with Gasteiger partial charge in [-0.05, 0) is 12.1 Å². The second-order valence-electron chi connectivity index (χ2n) is 3.86. The number of aliphatic hydroxyl groups excluding tert-OH is 2. The van der Waals surface area contributed by atoms with Gasteiger partial charge in [-0.1, -0.05) is 0 Å². The van der Waals surface area contributed by atoms with Crippen molar-refractivity contribution in [2.75, 3.05) is 18.0 Å². The zero-order valence-corrected chi connectivity index (χ0v) is 8.67. The molecule has 6 nitrogen and oxygen atoms in total. The molecule has 86 valence electrons. The molecular formula is C10H14N4O2. The molecule has 1 aliphatic heterocycles. The van der Waals surface area contributed by atoms with Crippen LogP contribution in [0.5, 0.6) is 0 Å². The van der Waals surface area contributed by atoms with Crippen LogP contribution in [0.15, 0.2) is 18.3 Å². The summed E-state index contributed by atoms with van der Waals surface area (Å²) in [6, 6.07) is 3.42. The van der Waals surface area contributed by atoms with Crippen LogP contribution in [-0.2, 0) is 0 Å². The van der Waals surface area contributed by atoms with E-state index >= 15 is 0 Å². The minimum absolute atomic E-state index is 0.0273. The van der Waals surface area contributed by atoms with Crippen molar-refractivity contribution in [3.05, 3.63) is 23.9 Å². The van der Waals surface area contributed by atoms with Gasteiger partial charge in [0.1, 0.15) is 11.7 Å². The van der Waals surface area contributed by atoms with Crippen LogP contribution in [0.3, 0.4) is 0 Å². The van der Waals surface area contributed by atoms with Crippen LogP contribution in [0.1, 0.15) is 5.56 Å². The van der Waals surface area contributed by atoms with Crippen molar-refractivity contribution >= 4 is 11.7 Å². The summed E-state index contributed by atoms with van der Waals surface area (Å²) in [5, 5.41) is 26.0. The summed E-state index contributed by atoms with van der Waals surface area (Å²) in [7, 11) is 0. The monoisotopic (exact) mass is 222 g/mol. The third-order valence-electron chi connectivity index (χ3n) is 2.64. The molecule has 1 fully saturated rings. The largest absolute Gasteiger partial charge is 0.389 e. The lowest BCUT2D eigenvalue weighted by Crippen LogP contribution is -2.22. The number of aromatic nitrogens is 1. The van der Waals surface area contributed by atoms with Crippen LogP contribution in [0.2, 0.25) is 0 Å². The van der Waals surface area contributed by atoms with E-state index in [1.165, 1.54) is 6.20 Å². The fourth-order valence-corrected chi connectivity index (χ4v) is 1.69. The van der Waals surface area contributed by atoms with Crippen molar-refractivity contribution < 1.29 is 10.2 Å². The van der Waals surface area contributed by atoms with Crippen LogP contribution in [0.4, 0.5) is 5.82 Å². The lowest BCUT2D eigenvalue weighted by molar-refractivity contribution is 0.0572. The molecular weight excluding hydrogens is 208 g/mol. The third kappa shape index (κ3) is 1.98. The molecule has 1 aromatic heterocycles. The van der Waals surface area contributed by atoms with Crippen molar-refractivity contribution in [3.63, 3.8) is 0 Å². The van der Waals surface area contributed by atoms with Gasteiger partial charge in [0.25, 0.3) is 0 Å². The van der Waals surface area contributed by atoms with Crippen LogP contribution in [0, 0.1) is 5.41 Å². The van der Waals surface area contributed by atoms with E-state index in [9.17, 15) is 10.2 Å². The number of nitrogens with zero attached hydrogens (tertiary/aromatic N) is 2. The number of nitrogens with one attached hydrogen (secondary N) is 1. The lowest BCUT2D eigenvalue weighted by Gasteiger charge is -2.16. The van der Waals surface area contributed by atoms with E-state index in [0.717, 1.165) is 0 Å². The maximum Gasteiger partial charge on any atom is 0.128 e. The van der Waals surface area contributed by atoms with Crippen molar-refractivity contribution in [3.8, 4) is 0 Å². The quantitative estimate of drug-likeness (QED) is 0.375. The number of nitrogens with two attached hydrogens (primary N) is 1. The van der Waals surface area contributed by atoms with Gasteiger partial charge in [-0.15, -0.1) is 0 Å². The maximum atomic E-state index is 9.40. The lowest BCUT2D eigenvalue weighted by atomic mass is 10.2. The van der Waals surface area contributed by atoms with E-state index in [2.05, 4.69) is 4.98 Å². The molecule has 0 radical (unpaired) electrons. The Bertz CT molecular complexity index is 382. The minimum Gasteiger partial charge on any atom is -0.389 e. The van der Waals surface area contributed by atoms with Gasteiger partial charge in [0.05, 0.1) is 12.2 Å². The molecule has 5 N–H and O–H groups in total. The van der Waals surface area contributed by atoms with Crippen LogP contribution >= 0.6 is 0 Å². The molecule has 0 bridgehead atoms. The van der Waals surface area contributed by atoms with Gasteiger partial charge in [0.15, 0.2) is 0 Å². The summed E-state index contributed by atoms with van der Waals surface area (Å²) in [6.45, 7) is 0.737. The first-order valence-corrected chi connectivity index (χ1v) is 4.99. The highest BCUT2D eigenvalue weighted by atomic mass is 16.3. The highest BCUT2D eigenvalue weighted by molar-refractivity contribution is 5.94. The van der Waals surface area contributed by atoms with E-state index in [1.54, 1.807) is 17.0 Å². The molecule has 6 heteroatoms. The van der Waals surface area contributed by atoms with E-state index < -0.39 is 12.2 Å². The van der Waals surface area contributed by atoms with Crippen LogP contribution in [0.25, 0.3) is 0 Å². The van der Waals surface area contributed by atoms with Gasteiger partial charge in [0.2, 0.25) is 0 Å². The maximum absolute atomic E-state index is 9.40. The number of hydrogen-bond donors (Lipinski definition) is 4. The molecule has 1 aliphatic rings. The molecule has 1 aromatic rings.